The van der Waals surface area contributed by atoms with Gasteiger partial charge in [-0.1, -0.05) is 0 Å². The molecular weight excluding hydrogens is 294 g/mol. The van der Waals surface area contributed by atoms with E-state index >= 15 is 0 Å². The lowest BCUT2D eigenvalue weighted by atomic mass is 10.2. The fourth-order valence-corrected chi connectivity index (χ4v) is 2.52. The molecule has 23 heavy (non-hydrogen) atoms. The monoisotopic (exact) mass is 313 g/mol. The number of carbonyl (C=O) groups excluding carboxylic acids is 1. The maximum Gasteiger partial charge on any atom is 0.267 e. The first-order valence-corrected chi connectivity index (χ1v) is 7.58. The normalized spacial score (nSPS) is 15.6. The van der Waals surface area contributed by atoms with Crippen LogP contribution in [0.1, 0.15) is 0 Å². The van der Waals surface area contributed by atoms with Crippen molar-refractivity contribution in [2.75, 3.05) is 33.2 Å². The molecule has 1 aliphatic rings. The van der Waals surface area contributed by atoms with Gasteiger partial charge in [-0.15, -0.1) is 0 Å². The summed E-state index contributed by atoms with van der Waals surface area (Å²) in [6, 6.07) is 6.74. The van der Waals surface area contributed by atoms with Gasteiger partial charge in [-0.25, -0.2) is 4.68 Å². The molecule has 0 aliphatic carbocycles. The first kappa shape index (κ1) is 15.4. The van der Waals surface area contributed by atoms with E-state index in [4.69, 9.17) is 0 Å². The Morgan fingerprint density at radius 3 is 2.48 bits per heavy atom. The minimum Gasteiger partial charge on any atom is -0.339 e. The fourth-order valence-electron chi connectivity index (χ4n) is 2.52. The number of rotatable bonds is 3. The molecule has 7 nitrogen and oxygen atoms in total. The molecule has 2 aromatic rings. The van der Waals surface area contributed by atoms with E-state index in [-0.39, 0.29) is 18.0 Å². The third-order valence-electron chi connectivity index (χ3n) is 3.98. The third kappa shape index (κ3) is 3.62. The lowest BCUT2D eigenvalue weighted by Gasteiger charge is -2.32. The summed E-state index contributed by atoms with van der Waals surface area (Å²) >= 11 is 0. The Morgan fingerprint density at radius 1 is 1.09 bits per heavy atom. The molecule has 0 radical (unpaired) electrons. The molecule has 3 heterocycles. The SMILES string of the molecule is CN1CCN(C(=O)Cn2nc(-c3ccncc3)ccc2=O)CC1. The van der Waals surface area contributed by atoms with Gasteiger partial charge in [-0.05, 0) is 25.2 Å². The van der Waals surface area contributed by atoms with Crippen molar-refractivity contribution in [2.45, 2.75) is 6.54 Å². The molecule has 0 aromatic carbocycles. The molecule has 1 fully saturated rings. The molecule has 3 rings (SSSR count). The van der Waals surface area contributed by atoms with Crippen molar-refractivity contribution in [1.82, 2.24) is 24.6 Å². The van der Waals surface area contributed by atoms with E-state index in [1.54, 1.807) is 23.4 Å². The zero-order valence-corrected chi connectivity index (χ0v) is 13.1. The van der Waals surface area contributed by atoms with E-state index in [1.165, 1.54) is 10.7 Å². The highest BCUT2D eigenvalue weighted by Crippen LogP contribution is 2.13. The maximum absolute atomic E-state index is 12.4. The van der Waals surface area contributed by atoms with Crippen molar-refractivity contribution < 1.29 is 4.79 Å². The van der Waals surface area contributed by atoms with Crippen LogP contribution in [0, 0.1) is 0 Å². The summed E-state index contributed by atoms with van der Waals surface area (Å²) in [6.07, 6.45) is 3.34. The molecule has 0 bridgehead atoms. The largest absolute Gasteiger partial charge is 0.339 e. The van der Waals surface area contributed by atoms with Gasteiger partial charge in [0.15, 0.2) is 0 Å². The molecular formula is C16H19N5O2. The van der Waals surface area contributed by atoms with Crippen LogP contribution in [0.5, 0.6) is 0 Å². The number of hydrogen-bond acceptors (Lipinski definition) is 5. The Balaban J connectivity index is 1.77. The number of pyridine rings is 1. The Morgan fingerprint density at radius 2 is 1.78 bits per heavy atom. The van der Waals surface area contributed by atoms with Gasteiger partial charge in [0.1, 0.15) is 6.54 Å². The number of carbonyl (C=O) groups is 1. The lowest BCUT2D eigenvalue weighted by molar-refractivity contribution is -0.133. The predicted octanol–water partition coefficient (Wildman–Crippen LogP) is 0.0793. The van der Waals surface area contributed by atoms with Crippen molar-refractivity contribution in [3.8, 4) is 11.3 Å². The quantitative estimate of drug-likeness (QED) is 0.802. The Kier molecular flexibility index (Phi) is 4.47. The minimum atomic E-state index is -0.273. The van der Waals surface area contributed by atoms with Crippen LogP contribution in [0.25, 0.3) is 11.3 Å². The van der Waals surface area contributed by atoms with Gasteiger partial charge >= 0.3 is 0 Å². The van der Waals surface area contributed by atoms with Gasteiger partial charge in [0, 0.05) is 50.2 Å². The summed E-state index contributed by atoms with van der Waals surface area (Å²) in [6.45, 7) is 3.06. The van der Waals surface area contributed by atoms with Crippen LogP contribution in [0.2, 0.25) is 0 Å². The van der Waals surface area contributed by atoms with Crippen LogP contribution in [-0.4, -0.2) is 63.7 Å². The first-order chi connectivity index (χ1) is 11.1. The second-order valence-corrected chi connectivity index (χ2v) is 5.63. The summed E-state index contributed by atoms with van der Waals surface area (Å²) in [4.78, 5) is 32.3. The number of piperazine rings is 1. The molecule has 0 spiro atoms. The standard InChI is InChI=1S/C16H19N5O2/c1-19-8-10-20(11-9-19)16(23)12-21-15(22)3-2-14(18-21)13-4-6-17-7-5-13/h2-7H,8-12H2,1H3. The summed E-state index contributed by atoms with van der Waals surface area (Å²) in [7, 11) is 2.03. The van der Waals surface area contributed by atoms with Gasteiger partial charge in [0.05, 0.1) is 5.69 Å². The lowest BCUT2D eigenvalue weighted by Crippen LogP contribution is -2.48. The first-order valence-electron chi connectivity index (χ1n) is 7.58. The van der Waals surface area contributed by atoms with Crippen LogP contribution < -0.4 is 5.56 Å². The molecule has 120 valence electrons. The van der Waals surface area contributed by atoms with Gasteiger partial charge in [-0.3, -0.25) is 14.6 Å². The van der Waals surface area contributed by atoms with Gasteiger partial charge in [0.2, 0.25) is 5.91 Å². The van der Waals surface area contributed by atoms with Crippen molar-refractivity contribution in [3.05, 3.63) is 47.0 Å². The van der Waals surface area contributed by atoms with E-state index in [2.05, 4.69) is 15.0 Å². The van der Waals surface area contributed by atoms with Gasteiger partial charge < -0.3 is 9.80 Å². The van der Waals surface area contributed by atoms with Crippen molar-refractivity contribution >= 4 is 5.91 Å². The number of nitrogens with zero attached hydrogens (tertiary/aromatic N) is 5. The zero-order chi connectivity index (χ0) is 16.2. The van der Waals surface area contributed by atoms with Crippen LogP contribution in [-0.2, 0) is 11.3 Å². The fraction of sp³-hybridized carbons (Fsp3) is 0.375. The van der Waals surface area contributed by atoms with Crippen molar-refractivity contribution in [2.24, 2.45) is 0 Å². The highest BCUT2D eigenvalue weighted by molar-refractivity contribution is 5.76. The van der Waals surface area contributed by atoms with Crippen molar-refractivity contribution in [3.63, 3.8) is 0 Å². The number of amides is 1. The minimum absolute atomic E-state index is 0.0263. The zero-order valence-electron chi connectivity index (χ0n) is 13.1. The van der Waals surface area contributed by atoms with E-state index in [0.29, 0.717) is 18.8 Å². The van der Waals surface area contributed by atoms with E-state index in [1.807, 2.05) is 19.2 Å². The molecule has 1 amide bonds. The maximum atomic E-state index is 12.4. The Bertz CT molecular complexity index is 736. The third-order valence-corrected chi connectivity index (χ3v) is 3.98. The Hall–Kier alpha value is -2.54. The molecule has 1 saturated heterocycles. The highest BCUT2D eigenvalue weighted by atomic mass is 16.2. The van der Waals surface area contributed by atoms with Crippen LogP contribution in [0.3, 0.4) is 0 Å². The smallest absolute Gasteiger partial charge is 0.267 e. The van der Waals surface area contributed by atoms with Crippen LogP contribution in [0.15, 0.2) is 41.5 Å². The van der Waals surface area contributed by atoms with E-state index in [9.17, 15) is 9.59 Å². The van der Waals surface area contributed by atoms with Crippen LogP contribution in [0.4, 0.5) is 0 Å². The summed E-state index contributed by atoms with van der Waals surface area (Å²) < 4.78 is 1.23. The predicted molar refractivity (Wildman–Crippen MR) is 85.8 cm³/mol. The summed E-state index contributed by atoms with van der Waals surface area (Å²) in [5, 5.41) is 4.31. The second kappa shape index (κ2) is 6.70. The molecule has 7 heteroatoms. The van der Waals surface area contributed by atoms with E-state index < -0.39 is 0 Å². The number of hydrogen-bond donors (Lipinski definition) is 0. The van der Waals surface area contributed by atoms with Crippen molar-refractivity contribution in [1.29, 1.82) is 0 Å². The van der Waals surface area contributed by atoms with Gasteiger partial charge in [-0.2, -0.15) is 5.10 Å². The molecule has 0 atom stereocenters. The average Bonchev–Trinajstić information content (AvgIpc) is 2.58. The second-order valence-electron chi connectivity index (χ2n) is 5.63. The molecule has 0 N–H and O–H groups in total. The Labute approximate surface area is 134 Å². The number of likely N-dealkylation sites (N-methyl/N-ethyl adjacent to an activating group) is 1. The van der Waals surface area contributed by atoms with E-state index in [0.717, 1.165) is 18.7 Å². The topological polar surface area (TPSA) is 71.3 Å². The summed E-state index contributed by atoms with van der Waals surface area (Å²) in [5.41, 5.74) is 1.24. The molecule has 2 aromatic heterocycles. The average molecular weight is 313 g/mol. The molecule has 0 saturated carbocycles. The summed E-state index contributed by atoms with van der Waals surface area (Å²) in [5.74, 6) is -0.0698. The molecule has 1 aliphatic heterocycles. The molecule has 0 unspecified atom stereocenters. The van der Waals surface area contributed by atoms with Crippen LogP contribution >= 0.6 is 0 Å². The van der Waals surface area contributed by atoms with Gasteiger partial charge in [0.25, 0.3) is 5.56 Å². The highest BCUT2D eigenvalue weighted by Gasteiger charge is 2.20. The number of aromatic nitrogens is 3.